The molecule has 136 valence electrons. The largest absolute Gasteiger partial charge is 0.371 e. The number of hydrogen-bond acceptors (Lipinski definition) is 4. The molecular formula is C18H24Cl2N4S. The summed E-state index contributed by atoms with van der Waals surface area (Å²) in [5.41, 5.74) is 3.47. The molecule has 0 atom stereocenters. The van der Waals surface area contributed by atoms with Crippen molar-refractivity contribution in [3.05, 3.63) is 39.6 Å². The fourth-order valence-corrected chi connectivity index (χ4v) is 4.63. The Morgan fingerprint density at radius 3 is 2.40 bits per heavy atom. The SMILES string of the molecule is Cc1nn(C)c(C)c1SN1CCC(N(C)c2ccc(Cl)c(Cl)c2)CC1. The van der Waals surface area contributed by atoms with Gasteiger partial charge >= 0.3 is 0 Å². The fraction of sp³-hybridized carbons (Fsp3) is 0.500. The maximum Gasteiger partial charge on any atom is 0.0745 e. The highest BCUT2D eigenvalue weighted by Crippen LogP contribution is 2.33. The first-order valence-electron chi connectivity index (χ1n) is 8.48. The summed E-state index contributed by atoms with van der Waals surface area (Å²) in [5.74, 6) is 0. The Hall–Kier alpha value is -0.880. The average Bonchev–Trinajstić information content (AvgIpc) is 2.83. The number of piperidine rings is 1. The summed E-state index contributed by atoms with van der Waals surface area (Å²) in [6, 6.07) is 6.38. The van der Waals surface area contributed by atoms with Gasteiger partial charge in [-0.3, -0.25) is 4.68 Å². The van der Waals surface area contributed by atoms with Crippen LogP contribution >= 0.6 is 35.1 Å². The molecule has 1 saturated heterocycles. The molecule has 0 N–H and O–H groups in total. The second kappa shape index (κ2) is 7.78. The molecule has 0 unspecified atom stereocenters. The van der Waals surface area contributed by atoms with Crippen LogP contribution in [0.2, 0.25) is 10.0 Å². The molecule has 1 aliphatic rings. The fourth-order valence-electron chi connectivity index (χ4n) is 3.25. The smallest absolute Gasteiger partial charge is 0.0745 e. The first kappa shape index (κ1) is 18.9. The Labute approximate surface area is 164 Å². The lowest BCUT2D eigenvalue weighted by Gasteiger charge is -2.37. The molecule has 2 aromatic rings. The van der Waals surface area contributed by atoms with Gasteiger partial charge in [0.05, 0.1) is 26.3 Å². The Balaban J connectivity index is 1.60. The van der Waals surface area contributed by atoms with Gasteiger partial charge in [0.15, 0.2) is 0 Å². The highest BCUT2D eigenvalue weighted by Gasteiger charge is 2.25. The second-order valence-corrected chi connectivity index (χ2v) is 8.51. The maximum absolute atomic E-state index is 6.16. The molecule has 3 rings (SSSR count). The number of hydrogen-bond donors (Lipinski definition) is 0. The highest BCUT2D eigenvalue weighted by atomic mass is 35.5. The zero-order chi connectivity index (χ0) is 18.1. The van der Waals surface area contributed by atoms with Crippen molar-refractivity contribution in [2.45, 2.75) is 37.6 Å². The number of aryl methyl sites for hydroxylation is 2. The van der Waals surface area contributed by atoms with Crippen LogP contribution in [0.5, 0.6) is 0 Å². The predicted molar refractivity (Wildman–Crippen MR) is 108 cm³/mol. The van der Waals surface area contributed by atoms with Crippen molar-refractivity contribution in [3.8, 4) is 0 Å². The van der Waals surface area contributed by atoms with Crippen LogP contribution in [0.15, 0.2) is 23.1 Å². The summed E-state index contributed by atoms with van der Waals surface area (Å²) in [7, 11) is 4.15. The lowest BCUT2D eigenvalue weighted by molar-refractivity contribution is 0.339. The van der Waals surface area contributed by atoms with Crippen molar-refractivity contribution < 1.29 is 0 Å². The Morgan fingerprint density at radius 2 is 1.84 bits per heavy atom. The van der Waals surface area contributed by atoms with E-state index in [0.717, 1.165) is 37.3 Å². The average molecular weight is 399 g/mol. The van der Waals surface area contributed by atoms with E-state index in [4.69, 9.17) is 23.2 Å². The van der Waals surface area contributed by atoms with E-state index >= 15 is 0 Å². The minimum Gasteiger partial charge on any atom is -0.371 e. The Kier molecular flexibility index (Phi) is 5.88. The molecule has 0 saturated carbocycles. The van der Waals surface area contributed by atoms with Crippen LogP contribution in [0.4, 0.5) is 5.69 Å². The van der Waals surface area contributed by atoms with Gasteiger partial charge in [0.25, 0.3) is 0 Å². The summed E-state index contributed by atoms with van der Waals surface area (Å²) in [6.45, 7) is 6.34. The first-order valence-corrected chi connectivity index (χ1v) is 10.0. The van der Waals surface area contributed by atoms with E-state index in [2.05, 4.69) is 35.2 Å². The Morgan fingerprint density at radius 1 is 1.16 bits per heavy atom. The zero-order valence-corrected chi connectivity index (χ0v) is 17.4. The van der Waals surface area contributed by atoms with E-state index in [1.54, 1.807) is 0 Å². The van der Waals surface area contributed by atoms with Gasteiger partial charge in [0.1, 0.15) is 0 Å². The van der Waals surface area contributed by atoms with Crippen LogP contribution in [0.1, 0.15) is 24.2 Å². The lowest BCUT2D eigenvalue weighted by Crippen LogP contribution is -2.41. The third kappa shape index (κ3) is 4.11. The number of halogens is 2. The van der Waals surface area contributed by atoms with Crippen molar-refractivity contribution in [2.75, 3.05) is 25.0 Å². The summed E-state index contributed by atoms with van der Waals surface area (Å²) in [4.78, 5) is 3.61. The predicted octanol–water partition coefficient (Wildman–Crippen LogP) is 4.95. The molecule has 0 spiro atoms. The maximum atomic E-state index is 6.16. The molecule has 1 aliphatic heterocycles. The van der Waals surface area contributed by atoms with E-state index in [9.17, 15) is 0 Å². The summed E-state index contributed by atoms with van der Waals surface area (Å²) in [5, 5.41) is 5.73. The van der Waals surface area contributed by atoms with Crippen LogP contribution < -0.4 is 4.90 Å². The Bertz CT molecular complexity index is 754. The van der Waals surface area contributed by atoms with Crippen molar-refractivity contribution in [1.82, 2.24) is 14.1 Å². The molecule has 25 heavy (non-hydrogen) atoms. The van der Waals surface area contributed by atoms with Crippen LogP contribution in [0.25, 0.3) is 0 Å². The monoisotopic (exact) mass is 398 g/mol. The van der Waals surface area contributed by atoms with Crippen LogP contribution in [0, 0.1) is 13.8 Å². The van der Waals surface area contributed by atoms with Gasteiger partial charge in [-0.2, -0.15) is 5.10 Å². The molecule has 0 aliphatic carbocycles. The molecular weight excluding hydrogens is 375 g/mol. The highest BCUT2D eigenvalue weighted by molar-refractivity contribution is 7.97. The molecule has 0 amide bonds. The van der Waals surface area contributed by atoms with Gasteiger partial charge in [-0.15, -0.1) is 0 Å². The van der Waals surface area contributed by atoms with E-state index in [1.165, 1.54) is 10.6 Å². The number of aromatic nitrogens is 2. The van der Waals surface area contributed by atoms with Crippen molar-refractivity contribution in [1.29, 1.82) is 0 Å². The van der Waals surface area contributed by atoms with Crippen LogP contribution in [-0.4, -0.2) is 40.3 Å². The topological polar surface area (TPSA) is 24.3 Å². The van der Waals surface area contributed by atoms with E-state index < -0.39 is 0 Å². The van der Waals surface area contributed by atoms with Crippen LogP contribution in [-0.2, 0) is 7.05 Å². The summed E-state index contributed by atoms with van der Waals surface area (Å²) in [6.07, 6.45) is 2.25. The van der Waals surface area contributed by atoms with Crippen molar-refractivity contribution in [3.63, 3.8) is 0 Å². The normalized spacial score (nSPS) is 16.4. The molecule has 2 heterocycles. The first-order chi connectivity index (χ1) is 11.9. The van der Waals surface area contributed by atoms with Gasteiger partial charge < -0.3 is 4.90 Å². The minimum absolute atomic E-state index is 0.519. The van der Waals surface area contributed by atoms with Crippen molar-refractivity contribution in [2.24, 2.45) is 7.05 Å². The molecule has 0 radical (unpaired) electrons. The number of rotatable bonds is 4. The van der Waals surface area contributed by atoms with Crippen LogP contribution in [0.3, 0.4) is 0 Å². The third-order valence-electron chi connectivity index (χ3n) is 4.94. The summed E-state index contributed by atoms with van der Waals surface area (Å²) >= 11 is 14.0. The molecule has 1 fully saturated rings. The van der Waals surface area contributed by atoms with Crippen molar-refractivity contribution >= 4 is 40.8 Å². The molecule has 0 bridgehead atoms. The third-order valence-corrected chi connectivity index (χ3v) is 7.08. The van der Waals surface area contributed by atoms with E-state index in [1.807, 2.05) is 41.9 Å². The second-order valence-electron chi connectivity index (χ2n) is 6.58. The quantitative estimate of drug-likeness (QED) is 0.679. The minimum atomic E-state index is 0.519. The van der Waals surface area contributed by atoms with Gasteiger partial charge in [-0.1, -0.05) is 23.2 Å². The number of benzene rings is 1. The molecule has 4 nitrogen and oxygen atoms in total. The van der Waals surface area contributed by atoms with E-state index in [-0.39, 0.29) is 0 Å². The molecule has 1 aromatic heterocycles. The van der Waals surface area contributed by atoms with Gasteiger partial charge in [0.2, 0.25) is 0 Å². The van der Waals surface area contributed by atoms with Gasteiger partial charge in [-0.05, 0) is 56.8 Å². The number of nitrogens with zero attached hydrogens (tertiary/aromatic N) is 4. The lowest BCUT2D eigenvalue weighted by atomic mass is 10.0. The molecule has 1 aromatic carbocycles. The molecule has 7 heteroatoms. The standard InChI is InChI=1S/C18H24Cl2N4S/c1-12-18(13(2)23(4)21-12)25-24-9-7-14(8-10-24)22(3)15-5-6-16(19)17(20)11-15/h5-6,11,14H,7-10H2,1-4H3. The summed E-state index contributed by atoms with van der Waals surface area (Å²) < 4.78 is 4.42. The number of anilines is 1. The zero-order valence-electron chi connectivity index (χ0n) is 15.1. The van der Waals surface area contributed by atoms with Gasteiger partial charge in [-0.25, -0.2) is 4.31 Å². The van der Waals surface area contributed by atoms with Gasteiger partial charge in [0, 0.05) is 38.9 Å². The van der Waals surface area contributed by atoms with E-state index in [0.29, 0.717) is 16.1 Å².